The van der Waals surface area contributed by atoms with E-state index in [1.165, 1.54) is 16.7 Å². The summed E-state index contributed by atoms with van der Waals surface area (Å²) in [6, 6.07) is 6.40. The van der Waals surface area contributed by atoms with Gasteiger partial charge in [-0.3, -0.25) is 20.2 Å². The second-order valence-corrected chi connectivity index (χ2v) is 11.3. The summed E-state index contributed by atoms with van der Waals surface area (Å²) in [5.74, 6) is 3.58. The van der Waals surface area contributed by atoms with Gasteiger partial charge in [0.25, 0.3) is 0 Å². The number of rotatable bonds is 7. The SMILES string of the molecule is CC(C)(C)C(=O)OCOC(=O)[C@@H]1N2C(=O)[C@H](NC(=O)[C@H](NN)c3ccccc3)[C@H]2SC1(C)C.Cl. The van der Waals surface area contributed by atoms with E-state index in [4.69, 9.17) is 15.3 Å². The monoisotopic (exact) mass is 514 g/mol. The highest BCUT2D eigenvalue weighted by molar-refractivity contribution is 8.01. The van der Waals surface area contributed by atoms with Gasteiger partial charge in [0.1, 0.15) is 23.5 Å². The highest BCUT2D eigenvalue weighted by Gasteiger charge is 2.64. The zero-order valence-electron chi connectivity index (χ0n) is 19.7. The summed E-state index contributed by atoms with van der Waals surface area (Å²) in [6.07, 6.45) is 0. The van der Waals surface area contributed by atoms with Gasteiger partial charge in [0.05, 0.1) is 5.41 Å². The molecule has 2 heterocycles. The maximum Gasteiger partial charge on any atom is 0.333 e. The molecule has 0 unspecified atom stereocenters. The van der Waals surface area contributed by atoms with E-state index in [-0.39, 0.29) is 18.3 Å². The number of ether oxygens (including phenoxy) is 2. The van der Waals surface area contributed by atoms with Crippen LogP contribution in [0.15, 0.2) is 30.3 Å². The van der Waals surface area contributed by atoms with Crippen molar-refractivity contribution < 1.29 is 28.7 Å². The van der Waals surface area contributed by atoms with E-state index in [1.54, 1.807) is 45.0 Å². The molecule has 3 rings (SSSR count). The first-order valence-electron chi connectivity index (χ1n) is 10.5. The van der Waals surface area contributed by atoms with E-state index < -0.39 is 58.3 Å². The number of amides is 2. The van der Waals surface area contributed by atoms with Crippen molar-refractivity contribution in [3.63, 3.8) is 0 Å². The maximum atomic E-state index is 12.9. The van der Waals surface area contributed by atoms with Crippen LogP contribution in [0.3, 0.4) is 0 Å². The normalized spacial score (nSPS) is 23.6. The van der Waals surface area contributed by atoms with E-state index in [1.807, 2.05) is 19.9 Å². The van der Waals surface area contributed by atoms with Crippen LogP contribution in [0.4, 0.5) is 0 Å². The molecule has 2 saturated heterocycles. The van der Waals surface area contributed by atoms with Crippen molar-refractivity contribution in [2.24, 2.45) is 11.3 Å². The zero-order valence-corrected chi connectivity index (χ0v) is 21.3. The Morgan fingerprint density at radius 1 is 1.18 bits per heavy atom. The first kappa shape index (κ1) is 27.9. The number of nitrogens with zero attached hydrogens (tertiary/aromatic N) is 1. The third-order valence-corrected chi connectivity index (χ3v) is 7.10. The van der Waals surface area contributed by atoms with Crippen LogP contribution in [-0.2, 0) is 28.7 Å². The summed E-state index contributed by atoms with van der Waals surface area (Å²) < 4.78 is 9.48. The summed E-state index contributed by atoms with van der Waals surface area (Å²) in [7, 11) is 0. The van der Waals surface area contributed by atoms with Crippen molar-refractivity contribution in [3.05, 3.63) is 35.9 Å². The minimum absolute atomic E-state index is 0. The van der Waals surface area contributed by atoms with Gasteiger partial charge in [-0.05, 0) is 40.2 Å². The smallest absolute Gasteiger partial charge is 0.333 e. The number of fused-ring (bicyclic) bond motifs is 1. The lowest BCUT2D eigenvalue weighted by molar-refractivity contribution is -0.180. The van der Waals surface area contributed by atoms with Crippen LogP contribution >= 0.6 is 24.2 Å². The Balaban J connectivity index is 0.00000408. The van der Waals surface area contributed by atoms with Crippen LogP contribution in [0.5, 0.6) is 0 Å². The summed E-state index contributed by atoms with van der Waals surface area (Å²) >= 11 is 1.40. The number of carbonyl (C=O) groups excluding carboxylic acids is 4. The van der Waals surface area contributed by atoms with Crippen molar-refractivity contribution in [1.82, 2.24) is 15.6 Å². The molecule has 0 bridgehead atoms. The number of esters is 2. The lowest BCUT2D eigenvalue weighted by Gasteiger charge is -2.44. The fraction of sp³-hybridized carbons (Fsp3) is 0.545. The Kier molecular flexibility index (Phi) is 8.62. The van der Waals surface area contributed by atoms with E-state index in [9.17, 15) is 19.2 Å². The third kappa shape index (κ3) is 5.48. The van der Waals surface area contributed by atoms with Gasteiger partial charge in [-0.25, -0.2) is 10.2 Å². The predicted molar refractivity (Wildman–Crippen MR) is 128 cm³/mol. The summed E-state index contributed by atoms with van der Waals surface area (Å²) in [5.41, 5.74) is 2.40. The second kappa shape index (κ2) is 10.5. The lowest BCUT2D eigenvalue weighted by Crippen LogP contribution is -2.71. The molecule has 34 heavy (non-hydrogen) atoms. The Morgan fingerprint density at radius 2 is 1.79 bits per heavy atom. The average molecular weight is 515 g/mol. The number of hydrogen-bond donors (Lipinski definition) is 3. The number of nitrogens with two attached hydrogens (primary N) is 1. The molecular weight excluding hydrogens is 484 g/mol. The van der Waals surface area contributed by atoms with Crippen LogP contribution in [0.2, 0.25) is 0 Å². The molecule has 1 aromatic rings. The van der Waals surface area contributed by atoms with Crippen LogP contribution in [-0.4, -0.2) is 57.7 Å². The first-order chi connectivity index (χ1) is 15.4. The van der Waals surface area contributed by atoms with Gasteiger partial charge in [0.2, 0.25) is 18.6 Å². The molecule has 2 fully saturated rings. The number of carbonyl (C=O) groups is 4. The molecule has 2 aliphatic rings. The van der Waals surface area contributed by atoms with Gasteiger partial charge >= 0.3 is 11.9 Å². The predicted octanol–water partition coefficient (Wildman–Crippen LogP) is 1.25. The van der Waals surface area contributed by atoms with Gasteiger partial charge in [-0.2, -0.15) is 0 Å². The molecule has 188 valence electrons. The van der Waals surface area contributed by atoms with E-state index in [0.717, 1.165) is 0 Å². The summed E-state index contributed by atoms with van der Waals surface area (Å²) in [5, 5.41) is 2.31. The lowest BCUT2D eigenvalue weighted by atomic mass is 9.95. The van der Waals surface area contributed by atoms with Crippen LogP contribution in [0.25, 0.3) is 0 Å². The van der Waals surface area contributed by atoms with Crippen LogP contribution < -0.4 is 16.6 Å². The molecule has 4 atom stereocenters. The molecule has 2 aliphatic heterocycles. The molecule has 4 N–H and O–H groups in total. The number of halogens is 1. The van der Waals surface area contributed by atoms with Gasteiger partial charge < -0.3 is 19.7 Å². The van der Waals surface area contributed by atoms with Gasteiger partial charge in [0, 0.05) is 4.75 Å². The summed E-state index contributed by atoms with van der Waals surface area (Å²) in [6.45, 7) is 8.18. The Morgan fingerprint density at radius 3 is 2.35 bits per heavy atom. The van der Waals surface area contributed by atoms with E-state index in [2.05, 4.69) is 10.7 Å². The molecule has 12 heteroatoms. The average Bonchev–Trinajstić information content (AvgIpc) is 3.00. The van der Waals surface area contributed by atoms with Gasteiger partial charge in [-0.1, -0.05) is 30.3 Å². The third-order valence-electron chi connectivity index (χ3n) is 5.53. The van der Waals surface area contributed by atoms with Crippen molar-refractivity contribution in [2.45, 2.75) is 62.9 Å². The Labute approximate surface area is 209 Å². The molecule has 1 aromatic carbocycles. The van der Waals surface area contributed by atoms with E-state index in [0.29, 0.717) is 5.56 Å². The number of β-lactam (4-membered cyclic amide) rings is 1. The largest absolute Gasteiger partial charge is 0.427 e. The number of thioether (sulfide) groups is 1. The highest BCUT2D eigenvalue weighted by Crippen LogP contribution is 2.51. The molecule has 0 aliphatic carbocycles. The number of hydrogen-bond acceptors (Lipinski definition) is 9. The van der Waals surface area contributed by atoms with Gasteiger partial charge in [-0.15, -0.1) is 24.2 Å². The maximum absolute atomic E-state index is 12.9. The molecule has 0 radical (unpaired) electrons. The number of hydrazine groups is 1. The molecule has 2 amide bonds. The van der Waals surface area contributed by atoms with E-state index >= 15 is 0 Å². The van der Waals surface area contributed by atoms with Crippen molar-refractivity contribution in [1.29, 1.82) is 0 Å². The fourth-order valence-electron chi connectivity index (χ4n) is 3.77. The van der Waals surface area contributed by atoms with Crippen LogP contribution in [0.1, 0.15) is 46.2 Å². The topological polar surface area (TPSA) is 140 Å². The zero-order chi connectivity index (χ0) is 24.6. The fourth-order valence-corrected chi connectivity index (χ4v) is 5.39. The molecule has 0 spiro atoms. The van der Waals surface area contributed by atoms with Crippen molar-refractivity contribution >= 4 is 47.9 Å². The highest BCUT2D eigenvalue weighted by atomic mass is 35.5. The quantitative estimate of drug-likeness (QED) is 0.161. The first-order valence-corrected chi connectivity index (χ1v) is 11.4. The number of nitrogens with one attached hydrogen (secondary N) is 2. The van der Waals surface area contributed by atoms with Crippen molar-refractivity contribution in [3.8, 4) is 0 Å². The molecule has 0 aromatic heterocycles. The minimum Gasteiger partial charge on any atom is -0.427 e. The second-order valence-electron chi connectivity index (χ2n) is 9.52. The Bertz CT molecular complexity index is 939. The Hall–Kier alpha value is -2.34. The van der Waals surface area contributed by atoms with Gasteiger partial charge in [0.15, 0.2) is 0 Å². The minimum atomic E-state index is -0.876. The molecule has 10 nitrogen and oxygen atoms in total. The van der Waals surface area contributed by atoms with Crippen LogP contribution in [0, 0.1) is 5.41 Å². The van der Waals surface area contributed by atoms with Crippen molar-refractivity contribution in [2.75, 3.05) is 6.79 Å². The molecule has 0 saturated carbocycles. The standard InChI is InChI=1S/C22H30N4O6S.ClH/c1-21(2,3)20(30)32-11-31-19(29)15-22(4,5)33-18-14(17(28)26(15)18)24-16(27)13(25-23)12-9-7-6-8-10-12;/h6-10,13-15,18,25H,11,23H2,1-5H3,(H,24,27);1H/t13-,14+,15+,18-;/m1./s1. The molecular formula is C22H31ClN4O6S. The number of benzene rings is 1. The summed E-state index contributed by atoms with van der Waals surface area (Å²) in [4.78, 5) is 51.7.